The van der Waals surface area contributed by atoms with E-state index in [0.717, 1.165) is 6.07 Å². The molecule has 10 nitrogen and oxygen atoms in total. The van der Waals surface area contributed by atoms with Gasteiger partial charge in [0.25, 0.3) is 10.0 Å². The molecule has 4 aromatic carbocycles. The van der Waals surface area contributed by atoms with Crippen LogP contribution in [0.25, 0.3) is 33.1 Å². The molecular formula is C28H22N2O8S. The Balaban J connectivity index is 1.73. The molecule has 0 aliphatic heterocycles. The monoisotopic (exact) mass is 546 g/mol. The van der Waals surface area contributed by atoms with Crippen molar-refractivity contribution in [3.8, 4) is 17.1 Å². The zero-order valence-corrected chi connectivity index (χ0v) is 21.7. The highest BCUT2D eigenvalue weighted by atomic mass is 32.2. The number of ether oxygens (including phenoxy) is 2. The number of sulfonamides is 1. The minimum absolute atomic E-state index is 0.0725. The number of carbonyl (C=O) groups excluding carboxylic acids is 1. The molecule has 1 N–H and O–H groups in total. The number of esters is 1. The topological polar surface area (TPSA) is 138 Å². The van der Waals surface area contributed by atoms with Crippen LogP contribution in [0.2, 0.25) is 0 Å². The molecule has 5 aromatic rings. The first kappa shape index (κ1) is 25.7. The molecule has 39 heavy (non-hydrogen) atoms. The standard InChI is InChI=1S/C28H22N2O8S/c1-3-37-28(31)25-21-16-22(29-39(34,35)18-13-14-24(36-2)23(15-18)30(32)33)19-11-7-8-12-20(19)27(21)38-26(25)17-9-5-4-6-10-17/h4-16,29H,3H2,1-2H3. The van der Waals surface area contributed by atoms with E-state index in [2.05, 4.69) is 4.72 Å². The Morgan fingerprint density at radius 3 is 2.33 bits per heavy atom. The van der Waals surface area contributed by atoms with Crippen molar-refractivity contribution < 1.29 is 32.0 Å². The van der Waals surface area contributed by atoms with Gasteiger partial charge in [0.15, 0.2) is 5.75 Å². The second kappa shape index (κ2) is 10.1. The first-order chi connectivity index (χ1) is 18.7. The molecule has 0 atom stereocenters. The number of hydrogen-bond donors (Lipinski definition) is 1. The molecule has 0 saturated carbocycles. The highest BCUT2D eigenvalue weighted by Crippen LogP contribution is 2.41. The Kier molecular flexibility index (Phi) is 6.67. The van der Waals surface area contributed by atoms with E-state index in [0.29, 0.717) is 33.1 Å². The summed E-state index contributed by atoms with van der Waals surface area (Å²) < 4.78 is 45.9. The van der Waals surface area contributed by atoms with Crippen LogP contribution in [0.15, 0.2) is 88.2 Å². The molecule has 198 valence electrons. The van der Waals surface area contributed by atoms with Gasteiger partial charge in [-0.15, -0.1) is 0 Å². The number of nitrogens with zero attached hydrogens (tertiary/aromatic N) is 1. The molecule has 0 unspecified atom stereocenters. The summed E-state index contributed by atoms with van der Waals surface area (Å²) in [6, 6.07) is 20.9. The Bertz CT molecular complexity index is 1850. The Labute approximate surface area is 223 Å². The molecule has 0 aliphatic rings. The summed E-state index contributed by atoms with van der Waals surface area (Å²) in [5.41, 5.74) is 0.850. The normalized spacial score (nSPS) is 11.4. The van der Waals surface area contributed by atoms with Gasteiger partial charge in [-0.2, -0.15) is 0 Å². The van der Waals surface area contributed by atoms with Crippen LogP contribution in [0, 0.1) is 10.1 Å². The van der Waals surface area contributed by atoms with Gasteiger partial charge >= 0.3 is 11.7 Å². The molecule has 1 heterocycles. The molecule has 0 radical (unpaired) electrons. The molecule has 0 amide bonds. The van der Waals surface area contributed by atoms with Crippen LogP contribution in [0.1, 0.15) is 17.3 Å². The van der Waals surface area contributed by atoms with E-state index >= 15 is 0 Å². The lowest BCUT2D eigenvalue weighted by Crippen LogP contribution is -2.14. The number of nitro groups is 1. The van der Waals surface area contributed by atoms with Crippen molar-refractivity contribution in [3.05, 3.63) is 94.5 Å². The second-order valence-corrected chi connectivity index (χ2v) is 10.1. The molecule has 0 fully saturated rings. The number of rotatable bonds is 8. The molecule has 11 heteroatoms. The molecule has 0 aliphatic carbocycles. The minimum Gasteiger partial charge on any atom is -0.490 e. The van der Waals surface area contributed by atoms with E-state index in [1.807, 2.05) is 18.2 Å². The van der Waals surface area contributed by atoms with Gasteiger partial charge in [-0.3, -0.25) is 14.8 Å². The minimum atomic E-state index is -4.30. The quantitative estimate of drug-likeness (QED) is 0.139. The van der Waals surface area contributed by atoms with E-state index in [-0.39, 0.29) is 28.5 Å². The molecule has 5 rings (SSSR count). The predicted molar refractivity (Wildman–Crippen MR) is 146 cm³/mol. The molecular weight excluding hydrogens is 524 g/mol. The summed E-state index contributed by atoms with van der Waals surface area (Å²) in [5.74, 6) is -0.401. The van der Waals surface area contributed by atoms with Crippen molar-refractivity contribution in [2.24, 2.45) is 0 Å². The maximum Gasteiger partial charge on any atom is 0.342 e. The fourth-order valence-electron chi connectivity index (χ4n) is 4.39. The third-order valence-electron chi connectivity index (χ3n) is 6.11. The third kappa shape index (κ3) is 4.64. The summed E-state index contributed by atoms with van der Waals surface area (Å²) in [6.45, 7) is 1.81. The van der Waals surface area contributed by atoms with Crippen molar-refractivity contribution in [1.29, 1.82) is 0 Å². The lowest BCUT2D eigenvalue weighted by molar-refractivity contribution is -0.386. The first-order valence-corrected chi connectivity index (χ1v) is 13.3. The fraction of sp³-hybridized carbons (Fsp3) is 0.107. The number of furan rings is 1. The summed E-state index contributed by atoms with van der Waals surface area (Å²) in [4.78, 5) is 23.6. The van der Waals surface area contributed by atoms with E-state index in [4.69, 9.17) is 13.9 Å². The average Bonchev–Trinajstić information content (AvgIpc) is 3.33. The number of fused-ring (bicyclic) bond motifs is 3. The SMILES string of the molecule is CCOC(=O)c1c(-c2ccccc2)oc2c1cc(NS(=O)(=O)c1ccc(OC)c([N+](=O)[O-])c1)c1ccccc12. The van der Waals surface area contributed by atoms with E-state index in [1.54, 1.807) is 43.3 Å². The smallest absolute Gasteiger partial charge is 0.342 e. The van der Waals surface area contributed by atoms with Crippen molar-refractivity contribution in [2.75, 3.05) is 18.4 Å². The van der Waals surface area contributed by atoms with Gasteiger partial charge in [0.1, 0.15) is 16.9 Å². The summed E-state index contributed by atoms with van der Waals surface area (Å²) >= 11 is 0. The molecule has 0 spiro atoms. The Morgan fingerprint density at radius 1 is 0.974 bits per heavy atom. The van der Waals surface area contributed by atoms with Crippen molar-refractivity contribution in [3.63, 3.8) is 0 Å². The maximum atomic E-state index is 13.4. The van der Waals surface area contributed by atoms with Crippen molar-refractivity contribution in [2.45, 2.75) is 11.8 Å². The van der Waals surface area contributed by atoms with Crippen molar-refractivity contribution in [1.82, 2.24) is 0 Å². The summed E-state index contributed by atoms with van der Waals surface area (Å²) in [6.07, 6.45) is 0. The van der Waals surface area contributed by atoms with Gasteiger partial charge < -0.3 is 13.9 Å². The van der Waals surface area contributed by atoms with Crippen LogP contribution < -0.4 is 9.46 Å². The van der Waals surface area contributed by atoms with Crippen LogP contribution in [-0.4, -0.2) is 33.0 Å². The fourth-order valence-corrected chi connectivity index (χ4v) is 5.48. The van der Waals surface area contributed by atoms with Gasteiger partial charge in [0.05, 0.1) is 29.2 Å². The van der Waals surface area contributed by atoms with Gasteiger partial charge in [0, 0.05) is 27.8 Å². The van der Waals surface area contributed by atoms with Crippen LogP contribution in [0.3, 0.4) is 0 Å². The number of hydrogen-bond acceptors (Lipinski definition) is 8. The predicted octanol–water partition coefficient (Wildman–Crippen LogP) is 6.15. The Hall–Kier alpha value is -4.90. The van der Waals surface area contributed by atoms with Crippen LogP contribution in [0.5, 0.6) is 5.75 Å². The lowest BCUT2D eigenvalue weighted by atomic mass is 10.0. The largest absolute Gasteiger partial charge is 0.490 e. The first-order valence-electron chi connectivity index (χ1n) is 11.8. The number of benzene rings is 4. The number of nitro benzene ring substituents is 1. The van der Waals surface area contributed by atoms with Crippen LogP contribution in [0.4, 0.5) is 11.4 Å². The lowest BCUT2D eigenvalue weighted by Gasteiger charge is -2.12. The van der Waals surface area contributed by atoms with Gasteiger partial charge in [-0.05, 0) is 25.1 Å². The van der Waals surface area contributed by atoms with Gasteiger partial charge in [-0.1, -0.05) is 54.6 Å². The molecule has 0 saturated heterocycles. The number of methoxy groups -OCH3 is 1. The van der Waals surface area contributed by atoms with E-state index < -0.39 is 26.6 Å². The van der Waals surface area contributed by atoms with Gasteiger partial charge in [0.2, 0.25) is 0 Å². The summed E-state index contributed by atoms with van der Waals surface area (Å²) in [7, 11) is -3.04. The molecule has 0 bridgehead atoms. The van der Waals surface area contributed by atoms with Crippen molar-refractivity contribution >= 4 is 49.1 Å². The summed E-state index contributed by atoms with van der Waals surface area (Å²) in [5, 5.41) is 12.9. The highest BCUT2D eigenvalue weighted by molar-refractivity contribution is 7.92. The van der Waals surface area contributed by atoms with Gasteiger partial charge in [-0.25, -0.2) is 13.2 Å². The van der Waals surface area contributed by atoms with Crippen LogP contribution >= 0.6 is 0 Å². The zero-order chi connectivity index (χ0) is 27.7. The number of anilines is 1. The number of carbonyl (C=O) groups is 1. The average molecular weight is 547 g/mol. The second-order valence-electron chi connectivity index (χ2n) is 8.44. The molecule has 1 aromatic heterocycles. The third-order valence-corrected chi connectivity index (χ3v) is 7.48. The maximum absolute atomic E-state index is 13.4. The zero-order valence-electron chi connectivity index (χ0n) is 20.8. The van der Waals surface area contributed by atoms with Crippen LogP contribution in [-0.2, 0) is 14.8 Å². The van der Waals surface area contributed by atoms with E-state index in [9.17, 15) is 23.3 Å². The Morgan fingerprint density at radius 2 is 1.67 bits per heavy atom. The number of nitrogens with one attached hydrogen (secondary N) is 1. The highest BCUT2D eigenvalue weighted by Gasteiger charge is 2.27. The van der Waals surface area contributed by atoms with E-state index in [1.165, 1.54) is 25.3 Å².